The standard InChI is InChI=1S/C8H18N2O7/c9-2-8(10,17)7(16)6(15)5(14)4(13)3(12)1-11/h1,3-7,12-17H,2,9-10H2. The Hall–Kier alpha value is -0.650. The van der Waals surface area contributed by atoms with Crippen molar-refractivity contribution in [1.29, 1.82) is 0 Å². The third-order valence-corrected chi connectivity index (χ3v) is 2.35. The van der Waals surface area contributed by atoms with Crippen molar-refractivity contribution in [2.24, 2.45) is 11.5 Å². The number of carbonyl (C=O) groups excluding carboxylic acids is 1. The quantitative estimate of drug-likeness (QED) is 0.162. The molecule has 6 unspecified atom stereocenters. The van der Waals surface area contributed by atoms with E-state index in [2.05, 4.69) is 0 Å². The van der Waals surface area contributed by atoms with Gasteiger partial charge in [-0.25, -0.2) is 0 Å². The van der Waals surface area contributed by atoms with Crippen LogP contribution in [0.2, 0.25) is 0 Å². The molecule has 0 aliphatic heterocycles. The van der Waals surface area contributed by atoms with E-state index < -0.39 is 42.8 Å². The predicted molar refractivity (Wildman–Crippen MR) is 54.3 cm³/mol. The van der Waals surface area contributed by atoms with E-state index in [-0.39, 0.29) is 6.29 Å². The average molecular weight is 254 g/mol. The Kier molecular flexibility index (Phi) is 6.09. The van der Waals surface area contributed by atoms with Crippen molar-refractivity contribution >= 4 is 6.29 Å². The van der Waals surface area contributed by atoms with Crippen LogP contribution in [0.15, 0.2) is 0 Å². The first-order valence-corrected chi connectivity index (χ1v) is 4.76. The van der Waals surface area contributed by atoms with Crippen LogP contribution in [0.3, 0.4) is 0 Å². The molecule has 10 N–H and O–H groups in total. The molecule has 0 aromatic heterocycles. The number of hydrogen-bond donors (Lipinski definition) is 8. The number of hydrogen-bond acceptors (Lipinski definition) is 9. The van der Waals surface area contributed by atoms with Crippen molar-refractivity contribution in [2.45, 2.75) is 36.2 Å². The normalized spacial score (nSPS) is 24.2. The monoisotopic (exact) mass is 254 g/mol. The highest BCUT2D eigenvalue weighted by atomic mass is 16.4. The summed E-state index contributed by atoms with van der Waals surface area (Å²) in [5, 5.41) is 55.5. The summed E-state index contributed by atoms with van der Waals surface area (Å²) in [7, 11) is 0. The summed E-state index contributed by atoms with van der Waals surface area (Å²) in [6, 6.07) is 0. The molecule has 0 aromatic carbocycles. The fourth-order valence-corrected chi connectivity index (χ4v) is 1.09. The molecule has 9 heteroatoms. The van der Waals surface area contributed by atoms with Gasteiger partial charge in [0.2, 0.25) is 0 Å². The van der Waals surface area contributed by atoms with E-state index >= 15 is 0 Å². The third kappa shape index (κ3) is 3.94. The number of nitrogens with two attached hydrogens (primary N) is 2. The van der Waals surface area contributed by atoms with E-state index in [9.17, 15) is 30.3 Å². The largest absolute Gasteiger partial charge is 0.387 e. The number of aliphatic hydroxyl groups excluding tert-OH is 5. The molecule has 0 radical (unpaired) electrons. The molecule has 0 aliphatic carbocycles. The van der Waals surface area contributed by atoms with Crippen LogP contribution in [0.5, 0.6) is 0 Å². The number of rotatable bonds is 7. The maximum atomic E-state index is 10.1. The van der Waals surface area contributed by atoms with Gasteiger partial charge in [0.05, 0.1) is 0 Å². The first-order valence-electron chi connectivity index (χ1n) is 4.76. The lowest BCUT2D eigenvalue weighted by Gasteiger charge is -2.34. The van der Waals surface area contributed by atoms with Crippen molar-refractivity contribution in [1.82, 2.24) is 0 Å². The van der Waals surface area contributed by atoms with E-state index in [1.54, 1.807) is 0 Å². The minimum absolute atomic E-state index is 0.0649. The lowest BCUT2D eigenvalue weighted by atomic mass is 9.94. The second-order valence-electron chi connectivity index (χ2n) is 3.74. The van der Waals surface area contributed by atoms with Crippen LogP contribution in [0.4, 0.5) is 0 Å². The molecule has 0 rings (SSSR count). The highest BCUT2D eigenvalue weighted by Crippen LogP contribution is 2.13. The molecule has 0 saturated carbocycles. The molecule has 0 heterocycles. The van der Waals surface area contributed by atoms with Crippen molar-refractivity contribution in [3.63, 3.8) is 0 Å². The van der Waals surface area contributed by atoms with Gasteiger partial charge in [0.1, 0.15) is 30.5 Å². The van der Waals surface area contributed by atoms with Crippen LogP contribution in [-0.4, -0.2) is 79.7 Å². The highest BCUT2D eigenvalue weighted by Gasteiger charge is 2.42. The minimum atomic E-state index is -2.38. The fraction of sp³-hybridized carbons (Fsp3) is 0.875. The zero-order valence-corrected chi connectivity index (χ0v) is 8.92. The zero-order chi connectivity index (χ0) is 13.8. The summed E-state index contributed by atoms with van der Waals surface area (Å²) < 4.78 is 0. The topological polar surface area (TPSA) is 190 Å². The average Bonchev–Trinajstić information content (AvgIpc) is 2.33. The van der Waals surface area contributed by atoms with E-state index in [1.807, 2.05) is 0 Å². The molecule has 0 fully saturated rings. The van der Waals surface area contributed by atoms with Crippen LogP contribution in [0.25, 0.3) is 0 Å². The molecule has 17 heavy (non-hydrogen) atoms. The summed E-state index contributed by atoms with van der Waals surface area (Å²) in [6.45, 7) is -0.621. The molecule has 0 spiro atoms. The Labute approximate surface area is 96.9 Å². The van der Waals surface area contributed by atoms with Gasteiger partial charge in [0.15, 0.2) is 12.0 Å². The molecule has 6 atom stereocenters. The van der Waals surface area contributed by atoms with Crippen molar-refractivity contribution in [3.05, 3.63) is 0 Å². The van der Waals surface area contributed by atoms with Gasteiger partial charge in [-0.1, -0.05) is 0 Å². The molecule has 102 valence electrons. The van der Waals surface area contributed by atoms with E-state index in [1.165, 1.54) is 0 Å². The number of carbonyl (C=O) groups is 1. The minimum Gasteiger partial charge on any atom is -0.387 e. The lowest BCUT2D eigenvalue weighted by molar-refractivity contribution is -0.176. The Morgan fingerprint density at radius 3 is 1.88 bits per heavy atom. The van der Waals surface area contributed by atoms with Gasteiger partial charge >= 0.3 is 0 Å². The maximum Gasteiger partial charge on any atom is 0.154 e. The van der Waals surface area contributed by atoms with Gasteiger partial charge in [-0.15, -0.1) is 0 Å². The second kappa shape index (κ2) is 6.33. The van der Waals surface area contributed by atoms with Crippen LogP contribution in [-0.2, 0) is 4.79 Å². The fourth-order valence-electron chi connectivity index (χ4n) is 1.09. The van der Waals surface area contributed by atoms with Crippen LogP contribution in [0, 0.1) is 0 Å². The van der Waals surface area contributed by atoms with E-state index in [0.29, 0.717) is 0 Å². The lowest BCUT2D eigenvalue weighted by Crippen LogP contribution is -2.64. The Balaban J connectivity index is 4.69. The molecule has 0 amide bonds. The first kappa shape index (κ1) is 16.4. The maximum absolute atomic E-state index is 10.1. The molecular weight excluding hydrogens is 236 g/mol. The van der Waals surface area contributed by atoms with Crippen molar-refractivity contribution in [2.75, 3.05) is 6.54 Å². The van der Waals surface area contributed by atoms with Crippen LogP contribution in [0.1, 0.15) is 0 Å². The van der Waals surface area contributed by atoms with Crippen LogP contribution >= 0.6 is 0 Å². The van der Waals surface area contributed by atoms with Gasteiger partial charge < -0.3 is 46.9 Å². The molecule has 0 bridgehead atoms. The number of aldehydes is 1. The van der Waals surface area contributed by atoms with E-state index in [0.717, 1.165) is 0 Å². The zero-order valence-electron chi connectivity index (χ0n) is 8.92. The van der Waals surface area contributed by atoms with E-state index in [4.69, 9.17) is 16.6 Å². The van der Waals surface area contributed by atoms with Crippen molar-refractivity contribution < 1.29 is 35.4 Å². The summed E-state index contributed by atoms with van der Waals surface area (Å²) in [5.41, 5.74) is 7.73. The van der Waals surface area contributed by atoms with Crippen molar-refractivity contribution in [3.8, 4) is 0 Å². The second-order valence-corrected chi connectivity index (χ2v) is 3.74. The number of aliphatic hydroxyl groups is 6. The van der Waals surface area contributed by atoms with Gasteiger partial charge in [0, 0.05) is 6.54 Å². The Bertz CT molecular complexity index is 250. The third-order valence-electron chi connectivity index (χ3n) is 2.35. The van der Waals surface area contributed by atoms with Crippen LogP contribution < -0.4 is 11.5 Å². The smallest absolute Gasteiger partial charge is 0.154 e. The highest BCUT2D eigenvalue weighted by molar-refractivity contribution is 5.56. The Morgan fingerprint density at radius 1 is 1.06 bits per heavy atom. The van der Waals surface area contributed by atoms with Gasteiger partial charge in [-0.3, -0.25) is 0 Å². The van der Waals surface area contributed by atoms with Gasteiger partial charge in [0.25, 0.3) is 0 Å². The summed E-state index contributed by atoms with van der Waals surface area (Å²) in [5.74, 6) is 0. The first-order chi connectivity index (χ1) is 7.68. The summed E-state index contributed by atoms with van der Waals surface area (Å²) in [4.78, 5) is 10.1. The SMILES string of the molecule is NCC(N)(O)C(O)C(O)C(O)C(O)C(O)C=O. The summed E-state index contributed by atoms with van der Waals surface area (Å²) >= 11 is 0. The predicted octanol–water partition coefficient (Wildman–Crippen LogP) is -5.40. The molecule has 0 aromatic rings. The molecular formula is C8H18N2O7. The van der Waals surface area contributed by atoms with Gasteiger partial charge in [-0.2, -0.15) is 0 Å². The molecule has 0 saturated heterocycles. The Morgan fingerprint density at radius 2 is 1.53 bits per heavy atom. The molecule has 0 aliphatic rings. The molecule has 9 nitrogen and oxygen atoms in total. The van der Waals surface area contributed by atoms with Gasteiger partial charge in [-0.05, 0) is 0 Å². The summed E-state index contributed by atoms with van der Waals surface area (Å²) in [6.07, 6.45) is -10.3.